The highest BCUT2D eigenvalue weighted by Crippen LogP contribution is 2.37. The van der Waals surface area contributed by atoms with Crippen molar-refractivity contribution < 1.29 is 4.57 Å². The van der Waals surface area contributed by atoms with Crippen molar-refractivity contribution in [1.82, 2.24) is 0 Å². The van der Waals surface area contributed by atoms with Gasteiger partial charge in [0.2, 0.25) is 5.69 Å². The molecule has 0 atom stereocenters. The molecule has 0 saturated carbocycles. The van der Waals surface area contributed by atoms with Crippen molar-refractivity contribution in [2.75, 3.05) is 0 Å². The lowest BCUT2D eigenvalue weighted by atomic mass is 10.0. The predicted molar refractivity (Wildman–Crippen MR) is 108 cm³/mol. The number of aryl methyl sites for hydroxylation is 2. The number of nitrogens with zero attached hydrogens (tertiary/aromatic N) is 1. The molecule has 5 rings (SSSR count). The lowest BCUT2D eigenvalue weighted by Crippen LogP contribution is -2.31. The van der Waals surface area contributed by atoms with E-state index in [9.17, 15) is 0 Å². The molecule has 25 heavy (non-hydrogen) atoms. The average Bonchev–Trinajstić information content (AvgIpc) is 3.03. The third kappa shape index (κ3) is 2.11. The molecule has 0 spiro atoms. The first kappa shape index (κ1) is 14.6. The monoisotopic (exact) mass is 340 g/mol. The SMILES string of the molecule is Cc1ccccc1-c1ccc2c3c(ccc4ccccc43)sc2[n+]1C. The summed E-state index contributed by atoms with van der Waals surface area (Å²) in [6.45, 7) is 2.18. The van der Waals surface area contributed by atoms with Crippen LogP contribution in [0.4, 0.5) is 0 Å². The Balaban J connectivity index is 1.90. The van der Waals surface area contributed by atoms with E-state index in [0.717, 1.165) is 0 Å². The Bertz CT molecular complexity index is 1260. The largest absolute Gasteiger partial charge is 0.270 e. The molecule has 0 aliphatic heterocycles. The van der Waals surface area contributed by atoms with Gasteiger partial charge in [-0.1, -0.05) is 59.9 Å². The zero-order valence-electron chi connectivity index (χ0n) is 14.3. The minimum Gasteiger partial charge on any atom is -0.185 e. The summed E-state index contributed by atoms with van der Waals surface area (Å²) in [5.41, 5.74) is 3.87. The summed E-state index contributed by atoms with van der Waals surface area (Å²) in [6.07, 6.45) is 0. The maximum atomic E-state index is 2.34. The Kier molecular flexibility index (Phi) is 3.16. The van der Waals surface area contributed by atoms with E-state index < -0.39 is 0 Å². The third-order valence-electron chi connectivity index (χ3n) is 5.09. The van der Waals surface area contributed by atoms with Gasteiger partial charge < -0.3 is 0 Å². The molecule has 2 heterocycles. The second-order valence-electron chi connectivity index (χ2n) is 6.57. The van der Waals surface area contributed by atoms with E-state index in [2.05, 4.69) is 91.3 Å². The maximum absolute atomic E-state index is 2.34. The Morgan fingerprint density at radius 1 is 0.760 bits per heavy atom. The molecule has 5 aromatic rings. The quantitative estimate of drug-likeness (QED) is 0.329. The molecule has 0 aliphatic carbocycles. The van der Waals surface area contributed by atoms with Crippen LogP contribution in [0.3, 0.4) is 0 Å². The van der Waals surface area contributed by atoms with Gasteiger partial charge in [-0.15, -0.1) is 0 Å². The van der Waals surface area contributed by atoms with Crippen molar-refractivity contribution in [3.8, 4) is 11.3 Å². The Labute approximate surface area is 150 Å². The first-order valence-corrected chi connectivity index (χ1v) is 9.35. The second kappa shape index (κ2) is 5.40. The van der Waals surface area contributed by atoms with Gasteiger partial charge in [-0.05, 0) is 41.5 Å². The van der Waals surface area contributed by atoms with E-state index in [1.165, 1.54) is 47.9 Å². The molecule has 1 nitrogen and oxygen atoms in total. The van der Waals surface area contributed by atoms with E-state index in [4.69, 9.17) is 0 Å². The zero-order chi connectivity index (χ0) is 17.0. The molecule has 2 aromatic heterocycles. The van der Waals surface area contributed by atoms with Crippen LogP contribution in [0.1, 0.15) is 5.56 Å². The van der Waals surface area contributed by atoms with Crippen molar-refractivity contribution in [3.63, 3.8) is 0 Å². The van der Waals surface area contributed by atoms with Crippen LogP contribution in [0, 0.1) is 6.92 Å². The molecule has 0 bridgehead atoms. The van der Waals surface area contributed by atoms with E-state index in [0.29, 0.717) is 0 Å². The normalized spacial score (nSPS) is 11.6. The molecular formula is C23H18NS+. The first-order chi connectivity index (χ1) is 12.2. The van der Waals surface area contributed by atoms with Gasteiger partial charge in [0.1, 0.15) is 7.05 Å². The molecule has 0 N–H and O–H groups in total. The van der Waals surface area contributed by atoms with Gasteiger partial charge in [0.05, 0.1) is 5.39 Å². The number of rotatable bonds is 1. The van der Waals surface area contributed by atoms with Crippen LogP contribution in [0.25, 0.3) is 42.3 Å². The molecule has 0 saturated heterocycles. The van der Waals surface area contributed by atoms with E-state index in [1.54, 1.807) is 0 Å². The summed E-state index contributed by atoms with van der Waals surface area (Å²) in [4.78, 5) is 1.33. The topological polar surface area (TPSA) is 3.88 Å². The van der Waals surface area contributed by atoms with Crippen LogP contribution < -0.4 is 4.57 Å². The third-order valence-corrected chi connectivity index (χ3v) is 6.34. The van der Waals surface area contributed by atoms with Crippen molar-refractivity contribution in [3.05, 3.63) is 78.4 Å². The Hall–Kier alpha value is -2.71. The van der Waals surface area contributed by atoms with Crippen molar-refractivity contribution in [2.24, 2.45) is 7.05 Å². The smallest absolute Gasteiger partial charge is 0.185 e. The summed E-state index contributed by atoms with van der Waals surface area (Å²) >= 11 is 1.88. The minimum absolute atomic E-state index is 1.27. The fraction of sp³-hybridized carbons (Fsp3) is 0.0870. The summed E-state index contributed by atoms with van der Waals surface area (Å²) in [5.74, 6) is 0. The number of hydrogen-bond donors (Lipinski definition) is 0. The van der Waals surface area contributed by atoms with Gasteiger partial charge in [-0.3, -0.25) is 0 Å². The number of hydrogen-bond acceptors (Lipinski definition) is 1. The van der Waals surface area contributed by atoms with Gasteiger partial charge in [0, 0.05) is 21.7 Å². The fourth-order valence-corrected chi connectivity index (χ4v) is 4.98. The molecule has 0 aliphatic rings. The predicted octanol–water partition coefficient (Wildman–Crippen LogP) is 6.01. The molecule has 3 aromatic carbocycles. The van der Waals surface area contributed by atoms with Crippen LogP contribution in [0.2, 0.25) is 0 Å². The minimum atomic E-state index is 1.27. The molecular weight excluding hydrogens is 322 g/mol. The summed E-state index contributed by atoms with van der Waals surface area (Å²) in [7, 11) is 2.18. The van der Waals surface area contributed by atoms with Crippen LogP contribution >= 0.6 is 11.3 Å². The van der Waals surface area contributed by atoms with Gasteiger partial charge in [-0.2, -0.15) is 4.57 Å². The number of fused-ring (bicyclic) bond motifs is 5. The molecule has 0 radical (unpaired) electrons. The molecule has 0 amide bonds. The highest BCUT2D eigenvalue weighted by molar-refractivity contribution is 7.25. The molecule has 0 unspecified atom stereocenters. The number of thiophene rings is 1. The van der Waals surface area contributed by atoms with Gasteiger partial charge in [-0.25, -0.2) is 0 Å². The first-order valence-electron chi connectivity index (χ1n) is 8.53. The molecule has 0 fully saturated rings. The molecule has 120 valence electrons. The van der Waals surface area contributed by atoms with E-state index >= 15 is 0 Å². The zero-order valence-corrected chi connectivity index (χ0v) is 15.1. The van der Waals surface area contributed by atoms with E-state index in [-0.39, 0.29) is 0 Å². The van der Waals surface area contributed by atoms with Gasteiger partial charge in [0.15, 0.2) is 0 Å². The summed E-state index contributed by atoms with van der Waals surface area (Å²) < 4.78 is 3.70. The molecule has 2 heteroatoms. The number of benzene rings is 3. The Morgan fingerprint density at radius 2 is 1.56 bits per heavy atom. The van der Waals surface area contributed by atoms with Crippen LogP contribution in [-0.2, 0) is 7.05 Å². The van der Waals surface area contributed by atoms with Crippen molar-refractivity contribution in [1.29, 1.82) is 0 Å². The fourth-order valence-electron chi connectivity index (χ4n) is 3.80. The van der Waals surface area contributed by atoms with Crippen molar-refractivity contribution in [2.45, 2.75) is 6.92 Å². The van der Waals surface area contributed by atoms with Crippen molar-refractivity contribution >= 4 is 42.4 Å². The average molecular weight is 340 g/mol. The van der Waals surface area contributed by atoms with Gasteiger partial charge >= 0.3 is 0 Å². The van der Waals surface area contributed by atoms with E-state index in [1.807, 2.05) is 11.3 Å². The second-order valence-corrected chi connectivity index (χ2v) is 7.60. The van der Waals surface area contributed by atoms with Gasteiger partial charge in [0.25, 0.3) is 4.83 Å². The van der Waals surface area contributed by atoms with Crippen LogP contribution in [0.5, 0.6) is 0 Å². The maximum Gasteiger partial charge on any atom is 0.270 e. The lowest BCUT2D eigenvalue weighted by molar-refractivity contribution is -0.631. The summed E-state index contributed by atoms with van der Waals surface area (Å²) in [5, 5.41) is 5.37. The summed E-state index contributed by atoms with van der Waals surface area (Å²) in [6, 6.07) is 26.3. The highest BCUT2D eigenvalue weighted by atomic mass is 32.1. The standard InChI is InChI=1S/C23H18NS/c1-15-7-3-5-9-17(15)20-13-12-19-22-18-10-6-4-8-16(18)11-14-21(22)25-23(19)24(20)2/h3-14H,1-2H3/q+1. The highest BCUT2D eigenvalue weighted by Gasteiger charge is 2.20. The van der Waals surface area contributed by atoms with Crippen LogP contribution in [-0.4, -0.2) is 0 Å². The number of aromatic nitrogens is 1. The lowest BCUT2D eigenvalue weighted by Gasteiger charge is -2.04. The number of pyridine rings is 1. The van der Waals surface area contributed by atoms with Crippen LogP contribution in [0.15, 0.2) is 72.8 Å². The Morgan fingerprint density at radius 3 is 2.44 bits per heavy atom.